The van der Waals surface area contributed by atoms with Crippen LogP contribution in [-0.2, 0) is 6.54 Å². The van der Waals surface area contributed by atoms with Crippen molar-refractivity contribution in [3.63, 3.8) is 0 Å². The van der Waals surface area contributed by atoms with Gasteiger partial charge in [-0.05, 0) is 40.4 Å². The van der Waals surface area contributed by atoms with Crippen molar-refractivity contribution in [2.75, 3.05) is 11.9 Å². The minimum Gasteiger partial charge on any atom is -0.391 e. The van der Waals surface area contributed by atoms with Gasteiger partial charge in [0.15, 0.2) is 5.82 Å². The molecule has 5 heteroatoms. The van der Waals surface area contributed by atoms with Crippen LogP contribution >= 0.6 is 15.9 Å². The second kappa shape index (κ2) is 6.20. The number of nitrogens with zero attached hydrogens (tertiary/aromatic N) is 1. The van der Waals surface area contributed by atoms with E-state index in [-0.39, 0.29) is 18.0 Å². The molecular formula is C14H20BrFN2O. The van der Waals surface area contributed by atoms with E-state index >= 15 is 0 Å². The molecule has 1 aromatic rings. The van der Waals surface area contributed by atoms with Gasteiger partial charge in [-0.15, -0.1) is 0 Å². The highest BCUT2D eigenvalue weighted by atomic mass is 79.9. The summed E-state index contributed by atoms with van der Waals surface area (Å²) in [6, 6.07) is 3.55. The summed E-state index contributed by atoms with van der Waals surface area (Å²) >= 11 is 3.25. The highest BCUT2D eigenvalue weighted by molar-refractivity contribution is 9.10. The van der Waals surface area contributed by atoms with Gasteiger partial charge in [0.1, 0.15) is 0 Å². The van der Waals surface area contributed by atoms with Gasteiger partial charge < -0.3 is 15.7 Å². The van der Waals surface area contributed by atoms with E-state index in [4.69, 9.17) is 5.73 Å². The predicted octanol–water partition coefficient (Wildman–Crippen LogP) is 2.79. The molecule has 1 fully saturated rings. The molecule has 0 aliphatic heterocycles. The Balaban J connectivity index is 2.28. The maximum Gasteiger partial charge on any atom is 0.160 e. The van der Waals surface area contributed by atoms with Crippen molar-refractivity contribution in [3.05, 3.63) is 28.0 Å². The van der Waals surface area contributed by atoms with E-state index < -0.39 is 0 Å². The number of benzene rings is 1. The summed E-state index contributed by atoms with van der Waals surface area (Å²) in [4.78, 5) is 1.85. The fraction of sp³-hybridized carbons (Fsp3) is 0.571. The molecule has 19 heavy (non-hydrogen) atoms. The third-order valence-electron chi connectivity index (χ3n) is 3.93. The number of likely N-dealkylation sites (N-methyl/N-ethyl adjacent to an activating group) is 1. The van der Waals surface area contributed by atoms with Crippen molar-refractivity contribution in [1.82, 2.24) is 0 Å². The van der Waals surface area contributed by atoms with Gasteiger partial charge in [-0.3, -0.25) is 0 Å². The van der Waals surface area contributed by atoms with Crippen LogP contribution in [0, 0.1) is 5.82 Å². The molecule has 2 rings (SSSR count). The molecule has 3 nitrogen and oxygen atoms in total. The molecule has 0 heterocycles. The molecule has 3 N–H and O–H groups in total. The Labute approximate surface area is 121 Å². The van der Waals surface area contributed by atoms with E-state index in [1.807, 2.05) is 18.0 Å². The summed E-state index contributed by atoms with van der Waals surface area (Å²) in [5, 5.41) is 10.1. The van der Waals surface area contributed by atoms with Crippen LogP contribution in [0.4, 0.5) is 10.1 Å². The highest BCUT2D eigenvalue weighted by Gasteiger charge is 2.28. The second-order valence-electron chi connectivity index (χ2n) is 5.11. The van der Waals surface area contributed by atoms with Crippen molar-refractivity contribution < 1.29 is 9.50 Å². The molecule has 0 bridgehead atoms. The van der Waals surface area contributed by atoms with E-state index in [1.54, 1.807) is 6.07 Å². The number of aliphatic hydroxyl groups is 1. The first kappa shape index (κ1) is 14.8. The summed E-state index contributed by atoms with van der Waals surface area (Å²) < 4.78 is 14.8. The van der Waals surface area contributed by atoms with Crippen LogP contribution in [0.1, 0.15) is 31.2 Å². The van der Waals surface area contributed by atoms with E-state index in [1.165, 1.54) is 0 Å². The van der Waals surface area contributed by atoms with Gasteiger partial charge in [0.2, 0.25) is 0 Å². The summed E-state index contributed by atoms with van der Waals surface area (Å²) in [5.41, 5.74) is 6.82. The van der Waals surface area contributed by atoms with Gasteiger partial charge in [0.05, 0.1) is 22.3 Å². The lowest BCUT2D eigenvalue weighted by atomic mass is 9.91. The van der Waals surface area contributed by atoms with Crippen molar-refractivity contribution in [3.8, 4) is 0 Å². The van der Waals surface area contributed by atoms with Crippen molar-refractivity contribution in [2.24, 2.45) is 5.73 Å². The number of anilines is 1. The Hall–Kier alpha value is -0.650. The predicted molar refractivity (Wildman–Crippen MR) is 78.7 cm³/mol. The zero-order valence-corrected chi connectivity index (χ0v) is 12.7. The summed E-state index contributed by atoms with van der Waals surface area (Å²) in [5.74, 6) is -0.303. The average molecular weight is 331 g/mol. The first-order valence-corrected chi connectivity index (χ1v) is 7.43. The number of aliphatic hydroxyl groups excluding tert-OH is 1. The SMILES string of the molecule is CN(c1ccc(CN)c(Br)c1F)C1CCCCC1O. The van der Waals surface area contributed by atoms with Crippen molar-refractivity contribution in [2.45, 2.75) is 44.4 Å². The van der Waals surface area contributed by atoms with Gasteiger partial charge >= 0.3 is 0 Å². The van der Waals surface area contributed by atoms with Gasteiger partial charge in [-0.25, -0.2) is 4.39 Å². The Bertz CT molecular complexity index is 455. The molecule has 1 aliphatic carbocycles. The lowest BCUT2D eigenvalue weighted by Gasteiger charge is -2.37. The molecule has 106 valence electrons. The standard InChI is InChI=1S/C14H20BrFN2O/c1-18(10-4-2-3-5-12(10)19)11-7-6-9(8-17)13(15)14(11)16/h6-7,10,12,19H,2-5,8,17H2,1H3. The van der Waals surface area contributed by atoms with Gasteiger partial charge in [-0.2, -0.15) is 0 Å². The summed E-state index contributed by atoms with van der Waals surface area (Å²) in [6.45, 7) is 0.299. The molecular weight excluding hydrogens is 311 g/mol. The van der Waals surface area contributed by atoms with E-state index in [9.17, 15) is 9.50 Å². The van der Waals surface area contributed by atoms with E-state index in [2.05, 4.69) is 15.9 Å². The lowest BCUT2D eigenvalue weighted by Crippen LogP contribution is -2.43. The fourth-order valence-corrected chi connectivity index (χ4v) is 3.23. The molecule has 0 saturated heterocycles. The van der Waals surface area contributed by atoms with Crippen molar-refractivity contribution >= 4 is 21.6 Å². The third kappa shape index (κ3) is 2.93. The first-order chi connectivity index (χ1) is 9.06. The maximum absolute atomic E-state index is 14.4. The zero-order chi connectivity index (χ0) is 14.0. The second-order valence-corrected chi connectivity index (χ2v) is 5.90. The Morgan fingerprint density at radius 3 is 2.74 bits per heavy atom. The topological polar surface area (TPSA) is 49.5 Å². The van der Waals surface area contributed by atoms with Crippen LogP contribution in [0.15, 0.2) is 16.6 Å². The van der Waals surface area contributed by atoms with E-state index in [0.29, 0.717) is 16.7 Å². The lowest BCUT2D eigenvalue weighted by molar-refractivity contribution is 0.106. The Kier molecular flexibility index (Phi) is 4.81. The van der Waals surface area contributed by atoms with Gasteiger partial charge in [0, 0.05) is 13.6 Å². The van der Waals surface area contributed by atoms with Crippen LogP contribution in [0.2, 0.25) is 0 Å². The minimum absolute atomic E-state index is 0.0149. The average Bonchev–Trinajstić information content (AvgIpc) is 2.41. The summed E-state index contributed by atoms with van der Waals surface area (Å²) in [6.07, 6.45) is 3.43. The quantitative estimate of drug-likeness (QED) is 0.895. The maximum atomic E-state index is 14.4. The molecule has 0 radical (unpaired) electrons. The number of hydrogen-bond donors (Lipinski definition) is 2. The van der Waals surface area contributed by atoms with Crippen LogP contribution in [-0.4, -0.2) is 24.3 Å². The zero-order valence-electron chi connectivity index (χ0n) is 11.1. The van der Waals surface area contributed by atoms with Crippen LogP contribution in [0.25, 0.3) is 0 Å². The molecule has 0 aromatic heterocycles. The Morgan fingerprint density at radius 1 is 1.42 bits per heavy atom. The van der Waals surface area contributed by atoms with Gasteiger partial charge in [0.25, 0.3) is 0 Å². The minimum atomic E-state index is -0.383. The highest BCUT2D eigenvalue weighted by Crippen LogP contribution is 2.32. The van der Waals surface area contributed by atoms with Crippen LogP contribution < -0.4 is 10.6 Å². The molecule has 2 atom stereocenters. The van der Waals surface area contributed by atoms with Crippen LogP contribution in [0.3, 0.4) is 0 Å². The first-order valence-electron chi connectivity index (χ1n) is 6.64. The normalized spacial score (nSPS) is 23.4. The Morgan fingerprint density at radius 2 is 2.11 bits per heavy atom. The fourth-order valence-electron chi connectivity index (χ4n) is 2.73. The smallest absolute Gasteiger partial charge is 0.160 e. The molecule has 0 amide bonds. The number of hydrogen-bond acceptors (Lipinski definition) is 3. The number of rotatable bonds is 3. The third-order valence-corrected chi connectivity index (χ3v) is 4.79. The van der Waals surface area contributed by atoms with Gasteiger partial charge in [-0.1, -0.05) is 18.9 Å². The molecule has 1 aliphatic rings. The molecule has 1 aromatic carbocycles. The van der Waals surface area contributed by atoms with Crippen molar-refractivity contribution in [1.29, 1.82) is 0 Å². The summed E-state index contributed by atoms with van der Waals surface area (Å²) in [7, 11) is 1.84. The van der Waals surface area contributed by atoms with Crippen LogP contribution in [0.5, 0.6) is 0 Å². The largest absolute Gasteiger partial charge is 0.391 e. The molecule has 2 unspecified atom stereocenters. The number of nitrogens with two attached hydrogens (primary N) is 1. The van der Waals surface area contributed by atoms with E-state index in [0.717, 1.165) is 31.2 Å². The molecule has 0 spiro atoms. The molecule has 1 saturated carbocycles. The monoisotopic (exact) mass is 330 g/mol. The number of halogens is 2.